The topological polar surface area (TPSA) is 61.6 Å². The maximum atomic E-state index is 9.08. The molecule has 0 spiro atoms. The van der Waals surface area contributed by atoms with Crippen molar-refractivity contribution < 1.29 is 17.9 Å². The molecule has 1 N–H and O–H groups in total. The Kier molecular flexibility index (Phi) is 10.7. The quantitative estimate of drug-likeness (QED) is 0.552. The summed E-state index contributed by atoms with van der Waals surface area (Å²) in [5, 5.41) is 0. The second kappa shape index (κ2) is 11.1. The van der Waals surface area contributed by atoms with Crippen molar-refractivity contribution in [3.63, 3.8) is 0 Å². The highest BCUT2D eigenvalue weighted by atomic mass is 32.2. The summed E-state index contributed by atoms with van der Waals surface area (Å²) in [4.78, 5) is 1.61. The van der Waals surface area contributed by atoms with Crippen molar-refractivity contribution in [1.29, 1.82) is 0 Å². The van der Waals surface area contributed by atoms with Crippen molar-refractivity contribution in [2.24, 2.45) is 0 Å². The predicted octanol–water partition coefficient (Wildman–Crippen LogP) is 2.21. The van der Waals surface area contributed by atoms with Crippen LogP contribution >= 0.6 is 0 Å². The molecule has 0 aromatic carbocycles. The van der Waals surface area contributed by atoms with Crippen molar-refractivity contribution in [1.82, 2.24) is 0 Å². The Labute approximate surface area is 124 Å². The van der Waals surface area contributed by atoms with Crippen LogP contribution in [0.5, 0.6) is 0 Å². The highest BCUT2D eigenvalue weighted by Crippen LogP contribution is 2.05. The van der Waals surface area contributed by atoms with Gasteiger partial charge in [-0.3, -0.25) is 4.90 Å². The van der Waals surface area contributed by atoms with Crippen LogP contribution < -0.4 is 4.90 Å². The number of quaternary nitrogens is 1. The van der Waals surface area contributed by atoms with Gasteiger partial charge in [-0.15, -0.1) is 0 Å². The summed E-state index contributed by atoms with van der Waals surface area (Å²) >= 11 is 0. The molecule has 0 aromatic rings. The summed E-state index contributed by atoms with van der Waals surface area (Å²) in [6.07, 6.45) is 16.9. The molecule has 0 saturated heterocycles. The Bertz CT molecular complexity index is 391. The van der Waals surface area contributed by atoms with Crippen LogP contribution in [0.2, 0.25) is 0 Å². The van der Waals surface area contributed by atoms with E-state index in [1.807, 2.05) is 0 Å². The fourth-order valence-electron chi connectivity index (χ4n) is 2.09. The second-order valence-electron chi connectivity index (χ2n) is 5.19. The van der Waals surface area contributed by atoms with Crippen molar-refractivity contribution >= 4 is 10.1 Å². The smallest absolute Gasteiger partial charge is 0.112 e. The highest BCUT2D eigenvalue weighted by molar-refractivity contribution is 7.84. The molecule has 20 heavy (non-hydrogen) atoms. The largest absolute Gasteiger partial charge is 0.748 e. The van der Waals surface area contributed by atoms with E-state index in [-0.39, 0.29) is 0 Å². The van der Waals surface area contributed by atoms with E-state index in [1.54, 1.807) is 10.6 Å². The molecule has 118 valence electrons. The van der Waals surface area contributed by atoms with Crippen molar-refractivity contribution in [3.8, 4) is 0 Å². The third kappa shape index (κ3) is 12.4. The Morgan fingerprint density at radius 1 is 1.10 bits per heavy atom. The van der Waals surface area contributed by atoms with E-state index in [2.05, 4.69) is 32.2 Å². The van der Waals surface area contributed by atoms with Gasteiger partial charge in [0.05, 0.1) is 22.9 Å². The van der Waals surface area contributed by atoms with Crippen LogP contribution in [0, 0.1) is 0 Å². The first-order valence-electron chi connectivity index (χ1n) is 7.52. The molecule has 1 aliphatic rings. The third-order valence-corrected chi connectivity index (χ3v) is 3.11. The van der Waals surface area contributed by atoms with E-state index >= 15 is 0 Å². The Morgan fingerprint density at radius 3 is 2.25 bits per heavy atom. The predicted molar refractivity (Wildman–Crippen MR) is 82.3 cm³/mol. The summed E-state index contributed by atoms with van der Waals surface area (Å²) in [7, 11) is -3.92. The van der Waals surface area contributed by atoms with E-state index in [4.69, 9.17) is 13.0 Å². The van der Waals surface area contributed by atoms with E-state index in [0.29, 0.717) is 6.26 Å². The van der Waals surface area contributed by atoms with E-state index in [0.717, 1.165) is 0 Å². The standard InChI is InChI=1S/C14H25N.CH4O3S/c1-3-5-7-8-12-15-13-9-11-14(15)10-6-4-2;1-5(2,3)4/h9,11,13H,3-8,10,12H2,1-2H3;1H3,(H,2,3,4). The summed E-state index contributed by atoms with van der Waals surface area (Å²) < 4.78 is 27.2. The second-order valence-corrected chi connectivity index (χ2v) is 6.60. The van der Waals surface area contributed by atoms with Gasteiger partial charge in [-0.05, 0) is 25.3 Å². The molecule has 1 heterocycles. The molecule has 1 unspecified atom stereocenters. The Morgan fingerprint density at radius 2 is 1.70 bits per heavy atom. The molecule has 1 rings (SSSR count). The number of hydrogen-bond donors (Lipinski definition) is 1. The minimum absolute atomic E-state index is 0.604. The molecule has 5 heteroatoms. The van der Waals surface area contributed by atoms with Gasteiger partial charge in [0.2, 0.25) is 0 Å². The fourth-order valence-corrected chi connectivity index (χ4v) is 2.09. The van der Waals surface area contributed by atoms with Gasteiger partial charge in [0.25, 0.3) is 0 Å². The number of unbranched alkanes of at least 4 members (excludes halogenated alkanes) is 4. The molecular formula is C15H29NO3S. The van der Waals surface area contributed by atoms with Crippen LogP contribution in [0.3, 0.4) is 0 Å². The van der Waals surface area contributed by atoms with Crippen LogP contribution in [-0.4, -0.2) is 25.8 Å². The zero-order valence-electron chi connectivity index (χ0n) is 13.0. The molecule has 0 fully saturated rings. The molecule has 0 aromatic heterocycles. The van der Waals surface area contributed by atoms with Crippen LogP contribution in [-0.2, 0) is 10.1 Å². The average molecular weight is 303 g/mol. The maximum Gasteiger partial charge on any atom is 0.112 e. The third-order valence-electron chi connectivity index (χ3n) is 3.11. The van der Waals surface area contributed by atoms with E-state index < -0.39 is 10.1 Å². The van der Waals surface area contributed by atoms with Gasteiger partial charge in [0.1, 0.15) is 5.70 Å². The first kappa shape index (κ1) is 19.4. The molecule has 0 radical (unpaired) electrons. The van der Waals surface area contributed by atoms with Crippen LogP contribution in [0.25, 0.3) is 0 Å². The Hall–Kier alpha value is -0.650. The average Bonchev–Trinajstić information content (AvgIpc) is 2.77. The van der Waals surface area contributed by atoms with Gasteiger partial charge < -0.3 is 4.55 Å². The lowest BCUT2D eigenvalue weighted by Crippen LogP contribution is -3.04. The van der Waals surface area contributed by atoms with Crippen LogP contribution in [0.15, 0.2) is 24.0 Å². The van der Waals surface area contributed by atoms with Crippen LogP contribution in [0.1, 0.15) is 58.8 Å². The van der Waals surface area contributed by atoms with Gasteiger partial charge in [-0.25, -0.2) is 8.42 Å². The maximum absolute atomic E-state index is 9.08. The van der Waals surface area contributed by atoms with Gasteiger partial charge in [-0.1, -0.05) is 33.1 Å². The zero-order chi connectivity index (χ0) is 15.4. The lowest BCUT2D eigenvalue weighted by Gasteiger charge is -2.14. The van der Waals surface area contributed by atoms with Gasteiger partial charge >= 0.3 is 0 Å². The zero-order valence-corrected chi connectivity index (χ0v) is 13.8. The minimum Gasteiger partial charge on any atom is -0.748 e. The molecule has 0 saturated carbocycles. The SMILES string of the molecule is CCCCCC[NH+]1C=CC=C1CCCC.CS(=O)(=O)[O-]. The summed E-state index contributed by atoms with van der Waals surface area (Å²) in [6, 6.07) is 0. The van der Waals surface area contributed by atoms with Crippen LogP contribution in [0.4, 0.5) is 0 Å². The number of allylic oxidation sites excluding steroid dienone is 3. The normalized spacial score (nSPS) is 17.6. The van der Waals surface area contributed by atoms with Crippen molar-refractivity contribution in [2.45, 2.75) is 58.8 Å². The molecule has 0 bridgehead atoms. The molecule has 4 nitrogen and oxygen atoms in total. The molecule has 0 amide bonds. The lowest BCUT2D eigenvalue weighted by molar-refractivity contribution is -0.804. The Balaban J connectivity index is 0.000000621. The fraction of sp³-hybridized carbons (Fsp3) is 0.733. The van der Waals surface area contributed by atoms with Crippen molar-refractivity contribution in [2.75, 3.05) is 12.8 Å². The number of nitrogens with one attached hydrogen (secondary N) is 1. The van der Waals surface area contributed by atoms with Crippen molar-refractivity contribution in [3.05, 3.63) is 24.0 Å². The summed E-state index contributed by atoms with van der Waals surface area (Å²) in [6.45, 7) is 5.84. The van der Waals surface area contributed by atoms with E-state index in [9.17, 15) is 0 Å². The first-order valence-corrected chi connectivity index (χ1v) is 9.34. The van der Waals surface area contributed by atoms with Gasteiger partial charge in [0, 0.05) is 18.8 Å². The van der Waals surface area contributed by atoms with Gasteiger partial charge in [0.15, 0.2) is 0 Å². The first-order chi connectivity index (χ1) is 9.38. The van der Waals surface area contributed by atoms with Gasteiger partial charge in [-0.2, -0.15) is 0 Å². The summed E-state index contributed by atoms with van der Waals surface area (Å²) in [5.41, 5.74) is 1.60. The number of hydrogen-bond acceptors (Lipinski definition) is 3. The molecule has 1 aliphatic heterocycles. The molecule has 1 atom stereocenters. The van der Waals surface area contributed by atoms with E-state index in [1.165, 1.54) is 51.5 Å². The molecule has 0 aliphatic carbocycles. The molecular weight excluding hydrogens is 274 g/mol. The number of rotatable bonds is 8. The highest BCUT2D eigenvalue weighted by Gasteiger charge is 2.14. The monoisotopic (exact) mass is 303 g/mol. The lowest BCUT2D eigenvalue weighted by atomic mass is 10.1. The summed E-state index contributed by atoms with van der Waals surface area (Å²) in [5.74, 6) is 0. The minimum atomic E-state index is -3.92.